The van der Waals surface area contributed by atoms with Gasteiger partial charge < -0.3 is 11.1 Å². The summed E-state index contributed by atoms with van der Waals surface area (Å²) in [4.78, 5) is 11.9. The Balaban J connectivity index is 0.00000180. The molecule has 20 heavy (non-hydrogen) atoms. The minimum atomic E-state index is -0.133. The largest absolute Gasteiger partial charge is 0.349 e. The first kappa shape index (κ1) is 19.2. The monoisotopic (exact) mass is 322 g/mol. The predicted molar refractivity (Wildman–Crippen MR) is 84.4 cm³/mol. The van der Waals surface area contributed by atoms with Crippen LogP contribution in [0.2, 0.25) is 0 Å². The van der Waals surface area contributed by atoms with Gasteiger partial charge in [0.2, 0.25) is 5.91 Å². The number of carbonyl (C=O) groups is 1. The SMILES string of the molecule is Cl.Cl.Cn1cc(CCC(=O)NC2(CN)CCCC2)cn1. The molecule has 1 aliphatic carbocycles. The Kier molecular flexibility index (Phi) is 8.16. The third kappa shape index (κ3) is 4.96. The summed E-state index contributed by atoms with van der Waals surface area (Å²) in [7, 11) is 1.88. The van der Waals surface area contributed by atoms with Gasteiger partial charge in [-0.25, -0.2) is 0 Å². The first-order chi connectivity index (χ1) is 8.63. The molecule has 1 amide bonds. The van der Waals surface area contributed by atoms with Crippen molar-refractivity contribution >= 4 is 30.7 Å². The van der Waals surface area contributed by atoms with Crippen LogP contribution in [-0.4, -0.2) is 27.8 Å². The maximum atomic E-state index is 11.9. The average molecular weight is 323 g/mol. The van der Waals surface area contributed by atoms with Gasteiger partial charge in [0.1, 0.15) is 0 Å². The molecule has 1 fully saturated rings. The smallest absolute Gasteiger partial charge is 0.220 e. The van der Waals surface area contributed by atoms with Gasteiger partial charge in [-0.3, -0.25) is 9.48 Å². The minimum Gasteiger partial charge on any atom is -0.349 e. The molecule has 1 aliphatic rings. The van der Waals surface area contributed by atoms with E-state index in [4.69, 9.17) is 5.73 Å². The molecule has 3 N–H and O–H groups in total. The van der Waals surface area contributed by atoms with Gasteiger partial charge in [-0.05, 0) is 24.8 Å². The van der Waals surface area contributed by atoms with Crippen molar-refractivity contribution < 1.29 is 4.79 Å². The fourth-order valence-electron chi connectivity index (χ4n) is 2.65. The number of nitrogens with one attached hydrogen (secondary N) is 1. The van der Waals surface area contributed by atoms with E-state index < -0.39 is 0 Å². The van der Waals surface area contributed by atoms with Gasteiger partial charge in [0, 0.05) is 26.2 Å². The standard InChI is InChI=1S/C13H22N4O.2ClH/c1-17-9-11(8-15-17)4-5-12(18)16-13(10-14)6-2-3-7-13;;/h8-9H,2-7,10,14H2,1H3,(H,16,18);2*1H. The first-order valence-corrected chi connectivity index (χ1v) is 6.62. The normalized spacial score (nSPS) is 16.1. The van der Waals surface area contributed by atoms with E-state index in [0.29, 0.717) is 13.0 Å². The van der Waals surface area contributed by atoms with Crippen molar-refractivity contribution in [3.8, 4) is 0 Å². The van der Waals surface area contributed by atoms with Gasteiger partial charge in [-0.15, -0.1) is 24.8 Å². The number of nitrogens with zero attached hydrogens (tertiary/aromatic N) is 2. The third-order valence-corrected chi connectivity index (χ3v) is 3.76. The number of halogens is 2. The van der Waals surface area contributed by atoms with Crippen LogP contribution in [0.5, 0.6) is 0 Å². The number of aromatic nitrogens is 2. The molecule has 7 heteroatoms. The van der Waals surface area contributed by atoms with Crippen molar-refractivity contribution in [3.63, 3.8) is 0 Å². The van der Waals surface area contributed by atoms with Crippen molar-refractivity contribution in [2.75, 3.05) is 6.54 Å². The molecule has 0 aliphatic heterocycles. The Morgan fingerprint density at radius 1 is 1.45 bits per heavy atom. The van der Waals surface area contributed by atoms with Crippen molar-refractivity contribution in [1.82, 2.24) is 15.1 Å². The first-order valence-electron chi connectivity index (χ1n) is 6.62. The lowest BCUT2D eigenvalue weighted by Crippen LogP contribution is -2.51. The Morgan fingerprint density at radius 2 is 2.10 bits per heavy atom. The molecule has 116 valence electrons. The lowest BCUT2D eigenvalue weighted by Gasteiger charge is -2.28. The summed E-state index contributed by atoms with van der Waals surface area (Å²) in [5, 5.41) is 7.22. The Hall–Kier alpha value is -0.780. The highest BCUT2D eigenvalue weighted by atomic mass is 35.5. The lowest BCUT2D eigenvalue weighted by molar-refractivity contribution is -0.122. The number of amides is 1. The molecule has 0 saturated heterocycles. The van der Waals surface area contributed by atoms with Gasteiger partial charge in [0.15, 0.2) is 0 Å². The number of hydrogen-bond acceptors (Lipinski definition) is 3. The summed E-state index contributed by atoms with van der Waals surface area (Å²) in [5.74, 6) is 0.103. The second-order valence-electron chi connectivity index (χ2n) is 5.26. The molecule has 1 aromatic heterocycles. The minimum absolute atomic E-state index is 0. The Labute approximate surface area is 132 Å². The molecule has 5 nitrogen and oxygen atoms in total. The van der Waals surface area contributed by atoms with Crippen LogP contribution in [0, 0.1) is 0 Å². The van der Waals surface area contributed by atoms with Crippen LogP contribution in [0.3, 0.4) is 0 Å². The molecule has 0 spiro atoms. The molecular weight excluding hydrogens is 299 g/mol. The zero-order chi connectivity index (χ0) is 13.0. The van der Waals surface area contributed by atoms with E-state index >= 15 is 0 Å². The molecule has 0 radical (unpaired) electrons. The van der Waals surface area contributed by atoms with Crippen LogP contribution in [-0.2, 0) is 18.3 Å². The van der Waals surface area contributed by atoms with Gasteiger partial charge in [-0.2, -0.15) is 5.10 Å². The van der Waals surface area contributed by atoms with E-state index in [2.05, 4.69) is 10.4 Å². The van der Waals surface area contributed by atoms with Crippen LogP contribution in [0.4, 0.5) is 0 Å². The maximum Gasteiger partial charge on any atom is 0.220 e. The van der Waals surface area contributed by atoms with E-state index in [1.807, 2.05) is 19.4 Å². The average Bonchev–Trinajstić information content (AvgIpc) is 2.97. The van der Waals surface area contributed by atoms with E-state index in [9.17, 15) is 4.79 Å². The Bertz CT molecular complexity index is 416. The van der Waals surface area contributed by atoms with Crippen molar-refractivity contribution in [1.29, 1.82) is 0 Å². The fourth-order valence-corrected chi connectivity index (χ4v) is 2.65. The molecule has 1 aromatic rings. The van der Waals surface area contributed by atoms with Gasteiger partial charge >= 0.3 is 0 Å². The maximum absolute atomic E-state index is 11.9. The number of nitrogens with two attached hydrogens (primary N) is 1. The van der Waals surface area contributed by atoms with Gasteiger partial charge in [0.25, 0.3) is 0 Å². The van der Waals surface area contributed by atoms with E-state index in [1.54, 1.807) is 4.68 Å². The van der Waals surface area contributed by atoms with Crippen LogP contribution < -0.4 is 11.1 Å². The fraction of sp³-hybridized carbons (Fsp3) is 0.692. The van der Waals surface area contributed by atoms with Crippen LogP contribution in [0.15, 0.2) is 12.4 Å². The highest BCUT2D eigenvalue weighted by molar-refractivity contribution is 5.85. The molecule has 2 rings (SSSR count). The summed E-state index contributed by atoms with van der Waals surface area (Å²) >= 11 is 0. The highest BCUT2D eigenvalue weighted by Crippen LogP contribution is 2.28. The number of aryl methyl sites for hydroxylation is 2. The number of rotatable bonds is 5. The molecule has 0 unspecified atom stereocenters. The molecule has 0 atom stereocenters. The quantitative estimate of drug-likeness (QED) is 0.864. The lowest BCUT2D eigenvalue weighted by atomic mass is 9.97. The highest BCUT2D eigenvalue weighted by Gasteiger charge is 2.33. The summed E-state index contributed by atoms with van der Waals surface area (Å²) in [6, 6.07) is 0. The third-order valence-electron chi connectivity index (χ3n) is 3.76. The molecule has 0 aromatic carbocycles. The van der Waals surface area contributed by atoms with E-state index in [0.717, 1.165) is 24.8 Å². The summed E-state index contributed by atoms with van der Waals surface area (Å²) in [5.41, 5.74) is 6.76. The second kappa shape index (κ2) is 8.49. The van der Waals surface area contributed by atoms with Crippen LogP contribution in [0.25, 0.3) is 0 Å². The van der Waals surface area contributed by atoms with Crippen LogP contribution >= 0.6 is 24.8 Å². The topological polar surface area (TPSA) is 72.9 Å². The van der Waals surface area contributed by atoms with Gasteiger partial charge in [-0.1, -0.05) is 12.8 Å². The molecule has 0 bridgehead atoms. The zero-order valence-electron chi connectivity index (χ0n) is 11.8. The second-order valence-corrected chi connectivity index (χ2v) is 5.26. The van der Waals surface area contributed by atoms with E-state index in [1.165, 1.54) is 12.8 Å². The number of hydrogen-bond donors (Lipinski definition) is 2. The summed E-state index contributed by atoms with van der Waals surface area (Å²) in [6.45, 7) is 0.547. The molecular formula is C13H24Cl2N4O. The number of carbonyl (C=O) groups excluding carboxylic acids is 1. The van der Waals surface area contributed by atoms with Crippen molar-refractivity contribution in [3.05, 3.63) is 18.0 Å². The van der Waals surface area contributed by atoms with Crippen LogP contribution in [0.1, 0.15) is 37.7 Å². The molecule has 1 saturated carbocycles. The summed E-state index contributed by atoms with van der Waals surface area (Å²) < 4.78 is 1.76. The van der Waals surface area contributed by atoms with Crippen molar-refractivity contribution in [2.24, 2.45) is 12.8 Å². The summed E-state index contributed by atoms with van der Waals surface area (Å²) in [6.07, 6.45) is 9.36. The van der Waals surface area contributed by atoms with Crippen molar-refractivity contribution in [2.45, 2.75) is 44.1 Å². The Morgan fingerprint density at radius 3 is 2.60 bits per heavy atom. The molecule has 1 heterocycles. The zero-order valence-corrected chi connectivity index (χ0v) is 13.4. The van der Waals surface area contributed by atoms with E-state index in [-0.39, 0.29) is 36.3 Å². The van der Waals surface area contributed by atoms with Gasteiger partial charge in [0.05, 0.1) is 11.7 Å². The predicted octanol–water partition coefficient (Wildman–Crippen LogP) is 1.58.